The topological polar surface area (TPSA) is 51.0 Å². The summed E-state index contributed by atoms with van der Waals surface area (Å²) in [6.07, 6.45) is 7.02. The van der Waals surface area contributed by atoms with Gasteiger partial charge < -0.3 is 9.84 Å². The van der Waals surface area contributed by atoms with Crippen molar-refractivity contribution in [2.24, 2.45) is 0 Å². The minimum Gasteiger partial charge on any atom is -0.339 e. The third-order valence-electron chi connectivity index (χ3n) is 3.66. The van der Waals surface area contributed by atoms with E-state index in [1.165, 1.54) is 19.3 Å². The lowest BCUT2D eigenvalue weighted by Gasteiger charge is -2.22. The van der Waals surface area contributed by atoms with E-state index in [1.54, 1.807) is 0 Å². The summed E-state index contributed by atoms with van der Waals surface area (Å²) in [6.45, 7) is 5.44. The van der Waals surface area contributed by atoms with E-state index >= 15 is 0 Å². The molecule has 0 amide bonds. The van der Waals surface area contributed by atoms with Crippen LogP contribution in [-0.4, -0.2) is 22.7 Å². The molecule has 2 heterocycles. The van der Waals surface area contributed by atoms with Crippen molar-refractivity contribution in [3.8, 4) is 0 Å². The van der Waals surface area contributed by atoms with Gasteiger partial charge >= 0.3 is 0 Å². The zero-order valence-electron chi connectivity index (χ0n) is 10.9. The third kappa shape index (κ3) is 3.53. The maximum Gasteiger partial charge on any atom is 0.226 e. The molecule has 96 valence electrons. The fraction of sp³-hybridized carbons (Fsp3) is 0.846. The Kier molecular flexibility index (Phi) is 4.54. The summed E-state index contributed by atoms with van der Waals surface area (Å²) in [7, 11) is 0. The van der Waals surface area contributed by atoms with E-state index in [0.29, 0.717) is 12.0 Å². The smallest absolute Gasteiger partial charge is 0.226 e. The van der Waals surface area contributed by atoms with Crippen molar-refractivity contribution in [2.45, 2.75) is 64.3 Å². The summed E-state index contributed by atoms with van der Waals surface area (Å²) in [5.41, 5.74) is 0. The molecule has 2 unspecified atom stereocenters. The second-order valence-corrected chi connectivity index (χ2v) is 5.04. The molecule has 0 radical (unpaired) electrons. The van der Waals surface area contributed by atoms with Gasteiger partial charge in [-0.05, 0) is 32.2 Å². The Balaban J connectivity index is 1.80. The highest BCUT2D eigenvalue weighted by molar-refractivity contribution is 4.93. The fourth-order valence-electron chi connectivity index (χ4n) is 2.22. The summed E-state index contributed by atoms with van der Waals surface area (Å²) in [6, 6.07) is 0.641. The van der Waals surface area contributed by atoms with Gasteiger partial charge in [0.2, 0.25) is 5.89 Å². The SMILES string of the molecule is CCC(C)c1noc(CCC2CCCCN2)n1. The Morgan fingerprint density at radius 2 is 2.35 bits per heavy atom. The first kappa shape index (κ1) is 12.6. The van der Waals surface area contributed by atoms with Crippen molar-refractivity contribution in [1.29, 1.82) is 0 Å². The predicted octanol–water partition coefficient (Wildman–Crippen LogP) is 2.66. The van der Waals surface area contributed by atoms with Gasteiger partial charge in [-0.15, -0.1) is 0 Å². The van der Waals surface area contributed by atoms with Crippen LogP contribution in [0.15, 0.2) is 4.52 Å². The quantitative estimate of drug-likeness (QED) is 0.855. The molecule has 1 fully saturated rings. The van der Waals surface area contributed by atoms with E-state index in [-0.39, 0.29) is 0 Å². The zero-order valence-corrected chi connectivity index (χ0v) is 10.9. The zero-order chi connectivity index (χ0) is 12.1. The number of aryl methyl sites for hydroxylation is 1. The molecule has 1 aliphatic rings. The standard InChI is InChI=1S/C13H23N3O/c1-3-10(2)13-15-12(17-16-13)8-7-11-6-4-5-9-14-11/h10-11,14H,3-9H2,1-2H3. The number of nitrogens with one attached hydrogen (secondary N) is 1. The van der Waals surface area contributed by atoms with Crippen LogP contribution in [0.5, 0.6) is 0 Å². The summed E-state index contributed by atoms with van der Waals surface area (Å²) in [5, 5.41) is 7.58. The molecule has 0 bridgehead atoms. The molecule has 0 spiro atoms. The molecule has 2 atom stereocenters. The van der Waals surface area contributed by atoms with Crippen molar-refractivity contribution in [3.05, 3.63) is 11.7 Å². The van der Waals surface area contributed by atoms with Gasteiger partial charge in [-0.25, -0.2) is 0 Å². The van der Waals surface area contributed by atoms with Crippen molar-refractivity contribution in [1.82, 2.24) is 15.5 Å². The van der Waals surface area contributed by atoms with Crippen molar-refractivity contribution >= 4 is 0 Å². The van der Waals surface area contributed by atoms with Gasteiger partial charge in [0.1, 0.15) is 0 Å². The van der Waals surface area contributed by atoms with Crippen LogP contribution in [0.2, 0.25) is 0 Å². The molecule has 4 heteroatoms. The first-order chi connectivity index (χ1) is 8.29. The van der Waals surface area contributed by atoms with Gasteiger partial charge in [0.15, 0.2) is 5.82 Å². The van der Waals surface area contributed by atoms with Gasteiger partial charge in [0, 0.05) is 18.4 Å². The first-order valence-electron chi connectivity index (χ1n) is 6.85. The lowest BCUT2D eigenvalue weighted by atomic mass is 10.0. The maximum atomic E-state index is 5.29. The number of hydrogen-bond acceptors (Lipinski definition) is 4. The lowest BCUT2D eigenvalue weighted by molar-refractivity contribution is 0.339. The Bertz CT molecular complexity index is 331. The van der Waals surface area contributed by atoms with Gasteiger partial charge in [-0.2, -0.15) is 4.98 Å². The molecule has 0 aromatic carbocycles. The van der Waals surface area contributed by atoms with Crippen molar-refractivity contribution in [3.63, 3.8) is 0 Å². The predicted molar refractivity (Wildman–Crippen MR) is 67.0 cm³/mol. The Labute approximate surface area is 103 Å². The van der Waals surface area contributed by atoms with Crippen LogP contribution in [0.4, 0.5) is 0 Å². The van der Waals surface area contributed by atoms with Crippen LogP contribution < -0.4 is 5.32 Å². The second kappa shape index (κ2) is 6.15. The normalized spacial score (nSPS) is 22.6. The molecule has 0 aliphatic carbocycles. The molecule has 1 aliphatic heterocycles. The average Bonchev–Trinajstić information content (AvgIpc) is 2.85. The van der Waals surface area contributed by atoms with Crippen molar-refractivity contribution in [2.75, 3.05) is 6.54 Å². The summed E-state index contributed by atoms with van der Waals surface area (Å²) in [5.74, 6) is 2.06. The molecule has 1 saturated heterocycles. The minimum atomic E-state index is 0.403. The van der Waals surface area contributed by atoms with E-state index < -0.39 is 0 Å². The molecular formula is C13H23N3O. The van der Waals surface area contributed by atoms with Gasteiger partial charge in [-0.1, -0.05) is 25.4 Å². The number of hydrogen-bond donors (Lipinski definition) is 1. The summed E-state index contributed by atoms with van der Waals surface area (Å²) < 4.78 is 5.29. The fourth-order valence-corrected chi connectivity index (χ4v) is 2.22. The number of rotatable bonds is 5. The molecule has 4 nitrogen and oxygen atoms in total. The van der Waals surface area contributed by atoms with Crippen LogP contribution in [0, 0.1) is 0 Å². The number of piperidine rings is 1. The Morgan fingerprint density at radius 3 is 3.06 bits per heavy atom. The first-order valence-corrected chi connectivity index (χ1v) is 6.85. The van der Waals surface area contributed by atoms with E-state index in [9.17, 15) is 0 Å². The van der Waals surface area contributed by atoms with Crippen molar-refractivity contribution < 1.29 is 4.52 Å². The molecule has 1 N–H and O–H groups in total. The van der Waals surface area contributed by atoms with Crippen LogP contribution in [-0.2, 0) is 6.42 Å². The van der Waals surface area contributed by atoms with Gasteiger partial charge in [0.05, 0.1) is 0 Å². The summed E-state index contributed by atoms with van der Waals surface area (Å²) >= 11 is 0. The van der Waals surface area contributed by atoms with Crippen LogP contribution in [0.3, 0.4) is 0 Å². The minimum absolute atomic E-state index is 0.403. The molecule has 1 aromatic heterocycles. The second-order valence-electron chi connectivity index (χ2n) is 5.04. The highest BCUT2D eigenvalue weighted by Gasteiger charge is 2.15. The van der Waals surface area contributed by atoms with Gasteiger partial charge in [-0.3, -0.25) is 0 Å². The van der Waals surface area contributed by atoms with E-state index in [1.807, 2.05) is 0 Å². The Hall–Kier alpha value is -0.900. The molecule has 17 heavy (non-hydrogen) atoms. The Morgan fingerprint density at radius 1 is 1.47 bits per heavy atom. The highest BCUT2D eigenvalue weighted by atomic mass is 16.5. The number of nitrogens with zero attached hydrogens (tertiary/aromatic N) is 2. The lowest BCUT2D eigenvalue weighted by Crippen LogP contribution is -2.34. The maximum absolute atomic E-state index is 5.29. The number of aromatic nitrogens is 2. The van der Waals surface area contributed by atoms with E-state index in [0.717, 1.165) is 37.5 Å². The van der Waals surface area contributed by atoms with Crippen LogP contribution >= 0.6 is 0 Å². The van der Waals surface area contributed by atoms with Gasteiger partial charge in [0.25, 0.3) is 0 Å². The van der Waals surface area contributed by atoms with Crippen LogP contribution in [0.1, 0.15) is 63.6 Å². The summed E-state index contributed by atoms with van der Waals surface area (Å²) in [4.78, 5) is 4.46. The largest absolute Gasteiger partial charge is 0.339 e. The monoisotopic (exact) mass is 237 g/mol. The molecule has 1 aromatic rings. The molecule has 0 saturated carbocycles. The molecule has 2 rings (SSSR count). The van der Waals surface area contributed by atoms with E-state index in [4.69, 9.17) is 4.52 Å². The highest BCUT2D eigenvalue weighted by Crippen LogP contribution is 2.17. The van der Waals surface area contributed by atoms with E-state index in [2.05, 4.69) is 29.3 Å². The average molecular weight is 237 g/mol. The molecular weight excluding hydrogens is 214 g/mol. The third-order valence-corrected chi connectivity index (χ3v) is 3.66. The van der Waals surface area contributed by atoms with Crippen LogP contribution in [0.25, 0.3) is 0 Å².